The van der Waals surface area contributed by atoms with Crippen molar-refractivity contribution in [3.05, 3.63) is 75.7 Å². The number of nitrogens with zero attached hydrogens (tertiary/aromatic N) is 3. The van der Waals surface area contributed by atoms with Crippen LogP contribution in [0.4, 0.5) is 14.5 Å². The molecule has 0 atom stereocenters. The van der Waals surface area contributed by atoms with Crippen LogP contribution in [-0.4, -0.2) is 36.7 Å². The van der Waals surface area contributed by atoms with E-state index in [0.717, 1.165) is 50.7 Å². The van der Waals surface area contributed by atoms with E-state index in [4.69, 9.17) is 0 Å². The lowest BCUT2D eigenvalue weighted by Gasteiger charge is -2.32. The van der Waals surface area contributed by atoms with E-state index in [1.807, 2.05) is 5.38 Å². The van der Waals surface area contributed by atoms with E-state index in [0.29, 0.717) is 34.3 Å². The highest BCUT2D eigenvalue weighted by atomic mass is 32.2. The molecule has 204 valence electrons. The van der Waals surface area contributed by atoms with Crippen molar-refractivity contribution >= 4 is 44.6 Å². The molecule has 0 unspecified atom stereocenters. The summed E-state index contributed by atoms with van der Waals surface area (Å²) in [6.07, 6.45) is 9.55. The average Bonchev–Trinajstić information content (AvgIpc) is 3.45. The van der Waals surface area contributed by atoms with E-state index in [9.17, 15) is 22.0 Å². The van der Waals surface area contributed by atoms with Crippen molar-refractivity contribution in [1.29, 1.82) is 0 Å². The second-order valence-electron chi connectivity index (χ2n) is 10.7. The number of amides is 1. The molecule has 2 aliphatic carbocycles. The van der Waals surface area contributed by atoms with Crippen molar-refractivity contribution in [2.75, 3.05) is 18.0 Å². The fourth-order valence-corrected chi connectivity index (χ4v) is 7.47. The Morgan fingerprint density at radius 1 is 1.05 bits per heavy atom. The zero-order valence-corrected chi connectivity index (χ0v) is 23.0. The lowest BCUT2D eigenvalue weighted by Crippen LogP contribution is -2.37. The van der Waals surface area contributed by atoms with Gasteiger partial charge in [-0.2, -0.15) is 4.31 Å². The Morgan fingerprint density at radius 3 is 2.46 bits per heavy atom. The van der Waals surface area contributed by atoms with Gasteiger partial charge in [-0.1, -0.05) is 18.9 Å². The summed E-state index contributed by atoms with van der Waals surface area (Å²) in [5.74, 6) is -1.01. The molecule has 2 fully saturated rings. The van der Waals surface area contributed by atoms with Crippen LogP contribution in [0.15, 0.2) is 52.9 Å². The predicted molar refractivity (Wildman–Crippen MR) is 147 cm³/mol. The molecule has 0 radical (unpaired) electrons. The van der Waals surface area contributed by atoms with Crippen molar-refractivity contribution in [2.24, 2.45) is 11.8 Å². The van der Waals surface area contributed by atoms with E-state index in [-0.39, 0.29) is 35.4 Å². The minimum absolute atomic E-state index is 0.0476. The first kappa shape index (κ1) is 26.3. The molecule has 2 saturated carbocycles. The molecule has 0 N–H and O–H groups in total. The number of fused-ring (bicyclic) bond motifs is 1. The Hall–Kier alpha value is -2.95. The summed E-state index contributed by atoms with van der Waals surface area (Å²) in [4.78, 5) is 19.7. The molecule has 0 bridgehead atoms. The van der Waals surface area contributed by atoms with E-state index >= 15 is 0 Å². The molecule has 2 heterocycles. The zero-order valence-electron chi connectivity index (χ0n) is 21.4. The van der Waals surface area contributed by atoms with E-state index in [1.54, 1.807) is 29.3 Å². The Morgan fingerprint density at radius 2 is 1.82 bits per heavy atom. The fraction of sp³-hybridized carbons (Fsp3) is 0.379. The molecule has 1 amide bonds. The van der Waals surface area contributed by atoms with Gasteiger partial charge >= 0.3 is 0 Å². The third-order valence-electron chi connectivity index (χ3n) is 8.10. The van der Waals surface area contributed by atoms with Crippen molar-refractivity contribution in [1.82, 2.24) is 9.29 Å². The minimum atomic E-state index is -4.05. The number of carbonyl (C=O) groups is 1. The topological polar surface area (TPSA) is 70.6 Å². The lowest BCUT2D eigenvalue weighted by molar-refractivity contribution is -0.113. The molecule has 0 saturated heterocycles. The number of sulfonamides is 1. The van der Waals surface area contributed by atoms with Crippen molar-refractivity contribution in [2.45, 2.75) is 50.0 Å². The van der Waals surface area contributed by atoms with Crippen LogP contribution in [0.2, 0.25) is 0 Å². The van der Waals surface area contributed by atoms with Crippen LogP contribution in [0, 0.1) is 23.5 Å². The third-order valence-corrected chi connectivity index (χ3v) is 10.6. The highest BCUT2D eigenvalue weighted by molar-refractivity contribution is 7.89. The van der Waals surface area contributed by atoms with Gasteiger partial charge in [0.15, 0.2) is 0 Å². The quantitative estimate of drug-likeness (QED) is 0.292. The summed E-state index contributed by atoms with van der Waals surface area (Å²) < 4.78 is 57.4. The number of anilines is 1. The summed E-state index contributed by atoms with van der Waals surface area (Å²) >= 11 is 1.40. The second-order valence-corrected chi connectivity index (χ2v) is 13.5. The van der Waals surface area contributed by atoms with E-state index in [2.05, 4.69) is 4.98 Å². The first-order valence-corrected chi connectivity index (χ1v) is 15.6. The molecule has 10 heteroatoms. The van der Waals surface area contributed by atoms with E-state index in [1.165, 1.54) is 27.8 Å². The monoisotopic (exact) mass is 569 g/mol. The predicted octanol–water partition coefficient (Wildman–Crippen LogP) is 6.10. The number of thiazole rings is 1. The van der Waals surface area contributed by atoms with Gasteiger partial charge in [0.1, 0.15) is 16.6 Å². The zero-order chi connectivity index (χ0) is 27.1. The maximum atomic E-state index is 14.6. The number of hydrogen-bond donors (Lipinski definition) is 0. The van der Waals surface area contributed by atoms with Gasteiger partial charge in [0, 0.05) is 48.4 Å². The molecule has 6 rings (SSSR count). The van der Waals surface area contributed by atoms with Crippen molar-refractivity contribution in [3.63, 3.8) is 0 Å². The Balaban J connectivity index is 1.38. The normalized spacial score (nSPS) is 19.0. The number of carbonyl (C=O) groups excluding carboxylic acids is 1. The number of aromatic nitrogens is 1. The SMILES string of the molecule is O=C1/C(=C/c2nccs2)c2cc(S(=O)(=O)N(Cc3ccc(F)cc3F)CC3CCC3)ccc2N1CC1CCC1. The molecule has 6 nitrogen and oxygen atoms in total. The second kappa shape index (κ2) is 10.6. The highest BCUT2D eigenvalue weighted by Crippen LogP contribution is 2.42. The highest BCUT2D eigenvalue weighted by Gasteiger charge is 2.37. The van der Waals surface area contributed by atoms with Crippen LogP contribution in [0.1, 0.15) is 54.7 Å². The van der Waals surface area contributed by atoms with Gasteiger partial charge in [0.05, 0.1) is 16.2 Å². The lowest BCUT2D eigenvalue weighted by atomic mass is 9.85. The van der Waals surface area contributed by atoms with Gasteiger partial charge in [0.25, 0.3) is 5.91 Å². The number of halogens is 2. The summed E-state index contributed by atoms with van der Waals surface area (Å²) in [7, 11) is -4.05. The van der Waals surface area contributed by atoms with Gasteiger partial charge in [0.2, 0.25) is 10.0 Å². The Kier molecular flexibility index (Phi) is 7.11. The molecule has 39 heavy (non-hydrogen) atoms. The van der Waals surface area contributed by atoms with Crippen molar-refractivity contribution in [3.8, 4) is 0 Å². The molecule has 3 aromatic rings. The van der Waals surface area contributed by atoms with Crippen LogP contribution < -0.4 is 4.90 Å². The summed E-state index contributed by atoms with van der Waals surface area (Å²) in [5, 5.41) is 2.49. The molecule has 2 aromatic carbocycles. The molecule has 3 aliphatic rings. The molecule has 1 aromatic heterocycles. The standard InChI is InChI=1S/C29H29F2N3O3S2/c30-22-8-7-21(26(31)13-22)18-33(16-19-3-1-4-19)39(36,37)23-9-10-27-24(14-23)25(15-28-32-11-12-38-28)29(35)34(27)17-20-5-2-6-20/h7-15,19-20H,1-6,16-18H2/b25-15+. The molecule has 0 spiro atoms. The largest absolute Gasteiger partial charge is 0.307 e. The van der Waals surface area contributed by atoms with Crippen LogP contribution in [-0.2, 0) is 21.4 Å². The number of hydrogen-bond acceptors (Lipinski definition) is 5. The van der Waals surface area contributed by atoms with Gasteiger partial charge in [-0.05, 0) is 67.9 Å². The first-order valence-electron chi connectivity index (χ1n) is 13.3. The van der Waals surface area contributed by atoms with Crippen LogP contribution in [0.5, 0.6) is 0 Å². The molecular formula is C29H29F2N3O3S2. The number of rotatable bonds is 9. The fourth-order valence-electron chi connectivity index (χ4n) is 5.38. The van der Waals surface area contributed by atoms with Crippen LogP contribution >= 0.6 is 11.3 Å². The Bertz CT molecular complexity index is 1530. The third kappa shape index (κ3) is 5.17. The summed E-state index contributed by atoms with van der Waals surface area (Å²) in [5.41, 5.74) is 1.80. The first-order chi connectivity index (χ1) is 18.8. The van der Waals surface area contributed by atoms with Gasteiger partial charge in [-0.15, -0.1) is 11.3 Å². The van der Waals surface area contributed by atoms with Crippen molar-refractivity contribution < 1.29 is 22.0 Å². The van der Waals surface area contributed by atoms with Gasteiger partial charge in [-0.3, -0.25) is 4.79 Å². The number of benzene rings is 2. The maximum absolute atomic E-state index is 14.6. The molecule has 1 aliphatic heterocycles. The van der Waals surface area contributed by atoms with Gasteiger partial charge < -0.3 is 4.90 Å². The van der Waals surface area contributed by atoms with Gasteiger partial charge in [-0.25, -0.2) is 22.2 Å². The Labute approximate surface area is 231 Å². The minimum Gasteiger partial charge on any atom is -0.307 e. The summed E-state index contributed by atoms with van der Waals surface area (Å²) in [6.45, 7) is 0.659. The maximum Gasteiger partial charge on any atom is 0.259 e. The average molecular weight is 570 g/mol. The van der Waals surface area contributed by atoms with Crippen LogP contribution in [0.3, 0.4) is 0 Å². The van der Waals surface area contributed by atoms with E-state index < -0.39 is 21.7 Å². The molecular weight excluding hydrogens is 540 g/mol. The smallest absolute Gasteiger partial charge is 0.259 e. The summed E-state index contributed by atoms with van der Waals surface area (Å²) in [6, 6.07) is 8.02. The van der Waals surface area contributed by atoms with Crippen LogP contribution in [0.25, 0.3) is 11.6 Å².